The Morgan fingerprint density at radius 3 is 1.33 bits per heavy atom. The summed E-state index contributed by atoms with van der Waals surface area (Å²) in [6.45, 7) is 3.91. The van der Waals surface area contributed by atoms with Crippen LogP contribution in [0, 0.1) is 0 Å². The Hall–Kier alpha value is -4.46. The molecular formula is C28H30N4O4. The van der Waals surface area contributed by atoms with Crippen LogP contribution in [0.4, 0.5) is 0 Å². The first-order chi connectivity index (χ1) is 17.6. The molecule has 0 bridgehead atoms. The van der Waals surface area contributed by atoms with Gasteiger partial charge in [0.2, 0.25) is 0 Å². The van der Waals surface area contributed by atoms with Gasteiger partial charge in [-0.25, -0.2) is 10.9 Å². The highest BCUT2D eigenvalue weighted by Gasteiger charge is 2.03. The van der Waals surface area contributed by atoms with Crippen molar-refractivity contribution in [1.82, 2.24) is 10.9 Å². The molecule has 0 saturated carbocycles. The Morgan fingerprint density at radius 1 is 0.639 bits per heavy atom. The minimum absolute atomic E-state index is 0.125. The Bertz CT molecular complexity index is 1080. The van der Waals surface area contributed by atoms with Gasteiger partial charge in [-0.3, -0.25) is 9.59 Å². The highest BCUT2D eigenvalue weighted by atomic mass is 16.5. The predicted molar refractivity (Wildman–Crippen MR) is 141 cm³/mol. The lowest BCUT2D eigenvalue weighted by Crippen LogP contribution is -2.24. The lowest BCUT2D eigenvalue weighted by Gasteiger charge is -2.05. The van der Waals surface area contributed by atoms with Crippen molar-refractivity contribution in [3.63, 3.8) is 0 Å². The number of ether oxygens (including phenoxy) is 2. The van der Waals surface area contributed by atoms with Gasteiger partial charge in [0.25, 0.3) is 11.8 Å². The Morgan fingerprint density at radius 2 is 1.00 bits per heavy atom. The van der Waals surface area contributed by atoms with Crippen LogP contribution in [0.5, 0.6) is 11.5 Å². The highest BCUT2D eigenvalue weighted by molar-refractivity contribution is 5.86. The van der Waals surface area contributed by atoms with Crippen molar-refractivity contribution in [3.05, 3.63) is 95.1 Å². The minimum atomic E-state index is -0.354. The van der Waals surface area contributed by atoms with Crippen LogP contribution in [0.1, 0.15) is 36.1 Å². The summed E-state index contributed by atoms with van der Waals surface area (Å²) in [5, 5.41) is 7.88. The summed E-state index contributed by atoms with van der Waals surface area (Å²) in [5.74, 6) is 0.558. The molecule has 2 amide bonds. The van der Waals surface area contributed by atoms with Crippen molar-refractivity contribution in [1.29, 1.82) is 0 Å². The van der Waals surface area contributed by atoms with E-state index in [0.717, 1.165) is 24.0 Å². The third-order valence-corrected chi connectivity index (χ3v) is 5.15. The van der Waals surface area contributed by atoms with E-state index < -0.39 is 0 Å². The normalized spacial score (nSPS) is 10.9. The van der Waals surface area contributed by atoms with E-state index in [-0.39, 0.29) is 25.0 Å². The molecule has 0 aliphatic carbocycles. The molecule has 0 aliphatic heterocycles. The van der Waals surface area contributed by atoms with Gasteiger partial charge in [0, 0.05) is 0 Å². The number of amides is 2. The number of aryl methyl sites for hydroxylation is 2. The summed E-state index contributed by atoms with van der Waals surface area (Å²) in [5.41, 5.74) is 8.85. The SMILES string of the molecule is CCc1ccc(OCC(=O)NN=Cc2ccc(C=NNC(=O)COc3ccc(CC)cc3)cc2)cc1. The number of hydrogen-bond acceptors (Lipinski definition) is 6. The van der Waals surface area contributed by atoms with Crippen molar-refractivity contribution in [2.75, 3.05) is 13.2 Å². The maximum atomic E-state index is 11.9. The molecule has 8 heteroatoms. The monoisotopic (exact) mass is 486 g/mol. The molecule has 0 spiro atoms. The van der Waals surface area contributed by atoms with Crippen LogP contribution in [0.25, 0.3) is 0 Å². The Labute approximate surface area is 211 Å². The van der Waals surface area contributed by atoms with Gasteiger partial charge in [0.1, 0.15) is 11.5 Å². The highest BCUT2D eigenvalue weighted by Crippen LogP contribution is 2.13. The van der Waals surface area contributed by atoms with E-state index >= 15 is 0 Å². The number of benzene rings is 3. The predicted octanol–water partition coefficient (Wildman–Crippen LogP) is 3.87. The average Bonchev–Trinajstić information content (AvgIpc) is 2.92. The maximum Gasteiger partial charge on any atom is 0.277 e. The number of carbonyl (C=O) groups excluding carboxylic acids is 2. The zero-order chi connectivity index (χ0) is 25.6. The molecule has 3 aromatic carbocycles. The van der Waals surface area contributed by atoms with Gasteiger partial charge < -0.3 is 9.47 Å². The van der Waals surface area contributed by atoms with Crippen molar-refractivity contribution >= 4 is 24.2 Å². The standard InChI is InChI=1S/C28H30N4O4/c1-3-21-9-13-25(14-10-21)35-19-27(33)31-29-17-23-5-7-24(8-6-23)18-30-32-28(34)20-36-26-15-11-22(4-2)12-16-26/h5-18H,3-4,19-20H2,1-2H3,(H,31,33)(H,32,34). The summed E-state index contributed by atoms with van der Waals surface area (Å²) >= 11 is 0. The summed E-state index contributed by atoms with van der Waals surface area (Å²) < 4.78 is 10.9. The zero-order valence-corrected chi connectivity index (χ0v) is 20.4. The molecule has 3 rings (SSSR count). The fraction of sp³-hybridized carbons (Fsp3) is 0.214. The molecule has 186 valence electrons. The van der Waals surface area contributed by atoms with E-state index in [1.165, 1.54) is 23.6 Å². The molecule has 36 heavy (non-hydrogen) atoms. The Kier molecular flexibility index (Phi) is 10.2. The summed E-state index contributed by atoms with van der Waals surface area (Å²) in [6, 6.07) is 22.5. The second-order valence-electron chi connectivity index (χ2n) is 7.83. The van der Waals surface area contributed by atoms with Gasteiger partial charge in [-0.05, 0) is 59.4 Å². The molecule has 0 heterocycles. The average molecular weight is 487 g/mol. The molecular weight excluding hydrogens is 456 g/mol. The smallest absolute Gasteiger partial charge is 0.277 e. The second-order valence-corrected chi connectivity index (χ2v) is 7.83. The number of carbonyl (C=O) groups is 2. The third-order valence-electron chi connectivity index (χ3n) is 5.15. The molecule has 0 radical (unpaired) electrons. The summed E-state index contributed by atoms with van der Waals surface area (Å²) in [6.07, 6.45) is 4.95. The Balaban J connectivity index is 1.35. The van der Waals surface area contributed by atoms with E-state index in [9.17, 15) is 9.59 Å². The van der Waals surface area contributed by atoms with Crippen LogP contribution in [-0.4, -0.2) is 37.5 Å². The zero-order valence-electron chi connectivity index (χ0n) is 20.4. The van der Waals surface area contributed by atoms with Gasteiger partial charge in [0.15, 0.2) is 13.2 Å². The fourth-order valence-corrected chi connectivity index (χ4v) is 3.03. The molecule has 3 aromatic rings. The van der Waals surface area contributed by atoms with E-state index in [1.54, 1.807) is 0 Å². The van der Waals surface area contributed by atoms with Crippen molar-refractivity contribution in [2.24, 2.45) is 10.2 Å². The van der Waals surface area contributed by atoms with Gasteiger partial charge in [-0.1, -0.05) is 62.4 Å². The summed E-state index contributed by atoms with van der Waals surface area (Å²) in [4.78, 5) is 23.8. The topological polar surface area (TPSA) is 101 Å². The van der Waals surface area contributed by atoms with Crippen LogP contribution in [-0.2, 0) is 22.4 Å². The molecule has 0 aliphatic rings. The number of hydrazone groups is 2. The van der Waals surface area contributed by atoms with Crippen molar-refractivity contribution in [2.45, 2.75) is 26.7 Å². The fourth-order valence-electron chi connectivity index (χ4n) is 3.03. The number of rotatable bonds is 12. The molecule has 0 atom stereocenters. The van der Waals surface area contributed by atoms with Gasteiger partial charge in [-0.15, -0.1) is 0 Å². The second kappa shape index (κ2) is 14.1. The molecule has 0 saturated heterocycles. The molecule has 2 N–H and O–H groups in total. The van der Waals surface area contributed by atoms with Crippen LogP contribution >= 0.6 is 0 Å². The molecule has 0 unspecified atom stereocenters. The van der Waals surface area contributed by atoms with Gasteiger partial charge in [0.05, 0.1) is 12.4 Å². The summed E-state index contributed by atoms with van der Waals surface area (Å²) in [7, 11) is 0. The number of nitrogens with one attached hydrogen (secondary N) is 2. The van der Waals surface area contributed by atoms with Crippen molar-refractivity contribution < 1.29 is 19.1 Å². The quantitative estimate of drug-likeness (QED) is 0.300. The van der Waals surface area contributed by atoms with Crippen LogP contribution < -0.4 is 20.3 Å². The molecule has 0 fully saturated rings. The van der Waals surface area contributed by atoms with Crippen LogP contribution in [0.2, 0.25) is 0 Å². The van der Waals surface area contributed by atoms with E-state index in [0.29, 0.717) is 11.5 Å². The lowest BCUT2D eigenvalue weighted by molar-refractivity contribution is -0.123. The van der Waals surface area contributed by atoms with Gasteiger partial charge >= 0.3 is 0 Å². The first kappa shape index (κ1) is 26.2. The largest absolute Gasteiger partial charge is 0.484 e. The molecule has 0 aromatic heterocycles. The van der Waals surface area contributed by atoms with E-state index in [4.69, 9.17) is 9.47 Å². The van der Waals surface area contributed by atoms with Crippen LogP contribution in [0.15, 0.2) is 83.0 Å². The number of nitrogens with zero attached hydrogens (tertiary/aromatic N) is 2. The number of hydrogen-bond donors (Lipinski definition) is 2. The van der Waals surface area contributed by atoms with E-state index in [1.807, 2.05) is 72.8 Å². The maximum absolute atomic E-state index is 11.9. The molecule has 8 nitrogen and oxygen atoms in total. The van der Waals surface area contributed by atoms with Gasteiger partial charge in [-0.2, -0.15) is 10.2 Å². The van der Waals surface area contributed by atoms with Crippen molar-refractivity contribution in [3.8, 4) is 11.5 Å². The van der Waals surface area contributed by atoms with E-state index in [2.05, 4.69) is 34.9 Å². The first-order valence-corrected chi connectivity index (χ1v) is 11.7. The first-order valence-electron chi connectivity index (χ1n) is 11.7. The third kappa shape index (κ3) is 9.06. The van der Waals surface area contributed by atoms with Crippen LogP contribution in [0.3, 0.4) is 0 Å². The minimum Gasteiger partial charge on any atom is -0.484 e. The lowest BCUT2D eigenvalue weighted by atomic mass is 10.2.